The van der Waals surface area contributed by atoms with Gasteiger partial charge in [-0.3, -0.25) is 4.98 Å². The van der Waals surface area contributed by atoms with E-state index in [1.54, 1.807) is 24.3 Å². The Morgan fingerprint density at radius 1 is 1.06 bits per heavy atom. The molecule has 2 N–H and O–H groups in total. The summed E-state index contributed by atoms with van der Waals surface area (Å²) in [6.07, 6.45) is -4.35. The van der Waals surface area contributed by atoms with Crippen LogP contribution < -0.4 is 5.73 Å². The van der Waals surface area contributed by atoms with Crippen molar-refractivity contribution in [3.8, 4) is 11.3 Å². The minimum atomic E-state index is -4.35. The molecule has 0 saturated carbocycles. The molecular formula is C13H11F3N2. The van der Waals surface area contributed by atoms with Gasteiger partial charge in [-0.2, -0.15) is 13.2 Å². The lowest BCUT2D eigenvalue weighted by Gasteiger charge is -2.09. The number of benzene rings is 1. The van der Waals surface area contributed by atoms with Crippen molar-refractivity contribution in [1.82, 2.24) is 4.98 Å². The number of rotatable bonds is 2. The van der Waals surface area contributed by atoms with Crippen LogP contribution in [0.25, 0.3) is 11.3 Å². The molecule has 0 bridgehead atoms. The van der Waals surface area contributed by atoms with Gasteiger partial charge in [0, 0.05) is 12.1 Å². The Morgan fingerprint density at radius 2 is 1.78 bits per heavy atom. The van der Waals surface area contributed by atoms with Crippen LogP contribution in [0.4, 0.5) is 13.2 Å². The van der Waals surface area contributed by atoms with Crippen molar-refractivity contribution in [2.75, 3.05) is 0 Å². The third kappa shape index (κ3) is 2.68. The molecule has 0 saturated heterocycles. The number of pyridine rings is 1. The monoisotopic (exact) mass is 252 g/mol. The van der Waals surface area contributed by atoms with Gasteiger partial charge in [0.2, 0.25) is 0 Å². The highest BCUT2D eigenvalue weighted by Gasteiger charge is 2.30. The minimum absolute atomic E-state index is 0.257. The molecule has 2 aromatic rings. The zero-order valence-corrected chi connectivity index (χ0v) is 9.41. The summed E-state index contributed by atoms with van der Waals surface area (Å²) >= 11 is 0. The number of hydrogen-bond acceptors (Lipinski definition) is 2. The summed E-state index contributed by atoms with van der Waals surface area (Å²) in [5, 5.41) is 0. The highest BCUT2D eigenvalue weighted by molar-refractivity contribution is 5.60. The molecule has 0 spiro atoms. The molecule has 0 radical (unpaired) electrons. The molecule has 0 aliphatic carbocycles. The van der Waals surface area contributed by atoms with Crippen LogP contribution in [0, 0.1) is 0 Å². The van der Waals surface area contributed by atoms with Crippen molar-refractivity contribution in [1.29, 1.82) is 0 Å². The fraction of sp³-hybridized carbons (Fsp3) is 0.154. The van der Waals surface area contributed by atoms with Gasteiger partial charge in [-0.25, -0.2) is 0 Å². The van der Waals surface area contributed by atoms with E-state index in [2.05, 4.69) is 4.98 Å². The van der Waals surface area contributed by atoms with Crippen LogP contribution >= 0.6 is 0 Å². The van der Waals surface area contributed by atoms with E-state index in [9.17, 15) is 13.2 Å². The summed E-state index contributed by atoms with van der Waals surface area (Å²) in [5.74, 6) is 0. The van der Waals surface area contributed by atoms with Gasteiger partial charge < -0.3 is 5.73 Å². The SMILES string of the molecule is NCc1cccc(-c2cccc(C(F)(F)F)c2)n1. The molecule has 0 aliphatic rings. The third-order valence-electron chi connectivity index (χ3n) is 2.50. The number of nitrogens with two attached hydrogens (primary N) is 1. The van der Waals surface area contributed by atoms with E-state index in [0.29, 0.717) is 17.0 Å². The van der Waals surface area contributed by atoms with Gasteiger partial charge in [-0.05, 0) is 24.3 Å². The number of aromatic nitrogens is 1. The van der Waals surface area contributed by atoms with Crippen LogP contribution in [-0.2, 0) is 12.7 Å². The van der Waals surface area contributed by atoms with E-state index >= 15 is 0 Å². The quantitative estimate of drug-likeness (QED) is 0.891. The van der Waals surface area contributed by atoms with Crippen molar-refractivity contribution in [3.05, 3.63) is 53.7 Å². The standard InChI is InChI=1S/C13H11F3N2/c14-13(15,16)10-4-1-3-9(7-10)12-6-2-5-11(8-17)18-12/h1-7H,8,17H2. The van der Waals surface area contributed by atoms with Crippen LogP contribution in [0.5, 0.6) is 0 Å². The predicted octanol–water partition coefficient (Wildman–Crippen LogP) is 3.23. The summed E-state index contributed by atoms with van der Waals surface area (Å²) in [6.45, 7) is 0.257. The number of halogens is 3. The molecular weight excluding hydrogens is 241 g/mol. The molecule has 0 unspecified atom stereocenters. The highest BCUT2D eigenvalue weighted by atomic mass is 19.4. The van der Waals surface area contributed by atoms with Gasteiger partial charge >= 0.3 is 6.18 Å². The Labute approximate surface area is 102 Å². The summed E-state index contributed by atoms with van der Waals surface area (Å²) in [4.78, 5) is 4.19. The maximum Gasteiger partial charge on any atom is 0.416 e. The van der Waals surface area contributed by atoms with E-state index in [-0.39, 0.29) is 6.54 Å². The molecule has 0 fully saturated rings. The molecule has 2 rings (SSSR count). The second-order valence-corrected chi connectivity index (χ2v) is 3.80. The second-order valence-electron chi connectivity index (χ2n) is 3.80. The number of nitrogens with zero attached hydrogens (tertiary/aromatic N) is 1. The molecule has 5 heteroatoms. The molecule has 0 amide bonds. The second kappa shape index (κ2) is 4.78. The van der Waals surface area contributed by atoms with Crippen molar-refractivity contribution in [2.45, 2.75) is 12.7 Å². The van der Waals surface area contributed by atoms with Crippen LogP contribution in [0.1, 0.15) is 11.3 Å². The van der Waals surface area contributed by atoms with Crippen molar-refractivity contribution >= 4 is 0 Å². The average Bonchev–Trinajstić information content (AvgIpc) is 2.38. The van der Waals surface area contributed by atoms with Crippen molar-refractivity contribution < 1.29 is 13.2 Å². The Kier molecular flexibility index (Phi) is 3.34. The van der Waals surface area contributed by atoms with Gasteiger partial charge in [-0.1, -0.05) is 18.2 Å². The third-order valence-corrected chi connectivity index (χ3v) is 2.50. The largest absolute Gasteiger partial charge is 0.416 e. The van der Waals surface area contributed by atoms with Crippen LogP contribution in [-0.4, -0.2) is 4.98 Å². The van der Waals surface area contributed by atoms with Gasteiger partial charge in [0.1, 0.15) is 0 Å². The van der Waals surface area contributed by atoms with E-state index in [0.717, 1.165) is 12.1 Å². The molecule has 0 aliphatic heterocycles. The van der Waals surface area contributed by atoms with Gasteiger partial charge in [0.05, 0.1) is 17.0 Å². The van der Waals surface area contributed by atoms with E-state index in [1.807, 2.05) is 0 Å². The maximum atomic E-state index is 12.6. The van der Waals surface area contributed by atoms with Gasteiger partial charge in [0.15, 0.2) is 0 Å². The molecule has 1 aromatic carbocycles. The smallest absolute Gasteiger partial charge is 0.325 e. The number of alkyl halides is 3. The predicted molar refractivity (Wildman–Crippen MR) is 62.6 cm³/mol. The zero-order valence-electron chi connectivity index (χ0n) is 9.41. The highest BCUT2D eigenvalue weighted by Crippen LogP contribution is 2.31. The summed E-state index contributed by atoms with van der Waals surface area (Å²) in [5.41, 5.74) is 6.34. The normalized spacial score (nSPS) is 11.6. The fourth-order valence-corrected chi connectivity index (χ4v) is 1.61. The van der Waals surface area contributed by atoms with Crippen LogP contribution in [0.15, 0.2) is 42.5 Å². The molecule has 2 nitrogen and oxygen atoms in total. The topological polar surface area (TPSA) is 38.9 Å². The molecule has 1 heterocycles. The Morgan fingerprint density at radius 3 is 2.44 bits per heavy atom. The van der Waals surface area contributed by atoms with Crippen molar-refractivity contribution in [2.24, 2.45) is 5.73 Å². The lowest BCUT2D eigenvalue weighted by Crippen LogP contribution is -2.05. The minimum Gasteiger partial charge on any atom is -0.325 e. The van der Waals surface area contributed by atoms with E-state index < -0.39 is 11.7 Å². The Bertz CT molecular complexity index is 550. The lowest BCUT2D eigenvalue weighted by molar-refractivity contribution is -0.137. The van der Waals surface area contributed by atoms with E-state index in [4.69, 9.17) is 5.73 Å². The first-order valence-electron chi connectivity index (χ1n) is 5.34. The summed E-state index contributed by atoms with van der Waals surface area (Å²) in [7, 11) is 0. The van der Waals surface area contributed by atoms with Crippen LogP contribution in [0.2, 0.25) is 0 Å². The Hall–Kier alpha value is -1.88. The maximum absolute atomic E-state index is 12.6. The van der Waals surface area contributed by atoms with Gasteiger partial charge in [0.25, 0.3) is 0 Å². The first-order chi connectivity index (χ1) is 8.50. The van der Waals surface area contributed by atoms with Crippen LogP contribution in [0.3, 0.4) is 0 Å². The summed E-state index contributed by atoms with van der Waals surface area (Å²) < 4.78 is 37.8. The van der Waals surface area contributed by atoms with E-state index in [1.165, 1.54) is 6.07 Å². The fourth-order valence-electron chi connectivity index (χ4n) is 1.61. The summed E-state index contributed by atoms with van der Waals surface area (Å²) in [6, 6.07) is 10.2. The van der Waals surface area contributed by atoms with Gasteiger partial charge in [-0.15, -0.1) is 0 Å². The zero-order chi connectivity index (χ0) is 13.2. The molecule has 0 atom stereocenters. The number of hydrogen-bond donors (Lipinski definition) is 1. The lowest BCUT2D eigenvalue weighted by atomic mass is 10.1. The molecule has 94 valence electrons. The Balaban J connectivity index is 2.44. The average molecular weight is 252 g/mol. The molecule has 1 aromatic heterocycles. The molecule has 18 heavy (non-hydrogen) atoms. The first-order valence-corrected chi connectivity index (χ1v) is 5.34. The first kappa shape index (κ1) is 12.6. The van der Waals surface area contributed by atoms with Crippen molar-refractivity contribution in [3.63, 3.8) is 0 Å².